The van der Waals surface area contributed by atoms with E-state index in [1.807, 2.05) is 32.0 Å². The monoisotopic (exact) mass is 363 g/mol. The Labute approximate surface area is 155 Å². The van der Waals surface area contributed by atoms with Gasteiger partial charge in [0.15, 0.2) is 0 Å². The van der Waals surface area contributed by atoms with E-state index in [9.17, 15) is 9.59 Å². The average Bonchev–Trinajstić information content (AvgIpc) is 3.10. The average molecular weight is 363 g/mol. The number of oxazole rings is 1. The molecule has 27 heavy (non-hydrogen) atoms. The summed E-state index contributed by atoms with van der Waals surface area (Å²) < 4.78 is 11.5. The molecule has 136 valence electrons. The summed E-state index contributed by atoms with van der Waals surface area (Å²) in [6.45, 7) is 4.04. The van der Waals surface area contributed by atoms with E-state index in [0.29, 0.717) is 11.6 Å². The highest BCUT2D eigenvalue weighted by molar-refractivity contribution is 5.89. The zero-order valence-electron chi connectivity index (χ0n) is 15.1. The number of benzene rings is 1. The van der Waals surface area contributed by atoms with Gasteiger partial charge in [-0.3, -0.25) is 4.79 Å². The second kappa shape index (κ2) is 7.30. The number of nitriles is 1. The molecule has 0 fully saturated rings. The molecular weight excluding hydrogens is 346 g/mol. The fraction of sp³-hybridized carbons (Fsp3) is 0.200. The molecule has 0 aliphatic rings. The van der Waals surface area contributed by atoms with Crippen molar-refractivity contribution in [3.8, 4) is 17.5 Å². The molecule has 2 aromatic heterocycles. The summed E-state index contributed by atoms with van der Waals surface area (Å²) in [5.41, 5.74) is 2.99. The van der Waals surface area contributed by atoms with Crippen LogP contribution in [0.25, 0.3) is 11.5 Å². The van der Waals surface area contributed by atoms with E-state index in [4.69, 9.17) is 9.68 Å². The number of carbonyl (C=O) groups is 1. The third-order valence-electron chi connectivity index (χ3n) is 4.12. The summed E-state index contributed by atoms with van der Waals surface area (Å²) in [4.78, 5) is 28.6. The number of hydrogen-bond donors (Lipinski definition) is 0. The second-order valence-electron chi connectivity index (χ2n) is 6.14. The topological polar surface area (TPSA) is 98.1 Å². The molecule has 3 rings (SSSR count). The number of ether oxygens (including phenoxy) is 1. The molecule has 7 heteroatoms. The number of aromatic nitrogens is 2. The van der Waals surface area contributed by atoms with Gasteiger partial charge in [0, 0.05) is 11.8 Å². The van der Waals surface area contributed by atoms with Gasteiger partial charge in [0.2, 0.25) is 5.89 Å². The Hall–Kier alpha value is -3.66. The van der Waals surface area contributed by atoms with Crippen molar-refractivity contribution in [2.45, 2.75) is 20.4 Å². The van der Waals surface area contributed by atoms with Gasteiger partial charge in [0.05, 0.1) is 24.9 Å². The van der Waals surface area contributed by atoms with Crippen molar-refractivity contribution in [1.82, 2.24) is 9.55 Å². The van der Waals surface area contributed by atoms with Crippen LogP contribution in [0.15, 0.2) is 45.9 Å². The van der Waals surface area contributed by atoms with Gasteiger partial charge in [-0.1, -0.05) is 17.7 Å². The lowest BCUT2D eigenvalue weighted by molar-refractivity contribution is 0.0599. The van der Waals surface area contributed by atoms with Crippen molar-refractivity contribution in [3.63, 3.8) is 0 Å². The summed E-state index contributed by atoms with van der Waals surface area (Å²) in [6.07, 6.45) is 2.80. The first kappa shape index (κ1) is 18.1. The van der Waals surface area contributed by atoms with Crippen LogP contribution in [-0.4, -0.2) is 22.6 Å². The van der Waals surface area contributed by atoms with Crippen molar-refractivity contribution in [1.29, 1.82) is 5.26 Å². The van der Waals surface area contributed by atoms with Gasteiger partial charge in [-0.05, 0) is 31.5 Å². The molecule has 0 aliphatic heterocycles. The normalized spacial score (nSPS) is 10.4. The number of rotatable bonds is 4. The van der Waals surface area contributed by atoms with Crippen molar-refractivity contribution in [2.75, 3.05) is 7.11 Å². The fourth-order valence-corrected chi connectivity index (χ4v) is 2.79. The highest BCUT2D eigenvalue weighted by atomic mass is 16.5. The van der Waals surface area contributed by atoms with Crippen LogP contribution in [0.3, 0.4) is 0 Å². The Morgan fingerprint density at radius 2 is 2.11 bits per heavy atom. The zero-order chi connectivity index (χ0) is 19.6. The van der Waals surface area contributed by atoms with E-state index >= 15 is 0 Å². The van der Waals surface area contributed by atoms with E-state index in [-0.39, 0.29) is 17.7 Å². The Balaban J connectivity index is 1.97. The number of nitrogens with zero attached hydrogens (tertiary/aromatic N) is 3. The smallest absolute Gasteiger partial charge is 0.339 e. The standard InChI is InChI=1S/C20H17N3O4/c1-12-4-5-17(13(2)6-12)18-22-16(11-27-18)10-23-9-15(20(25)26-3)7-14(8-21)19(23)24/h4-7,9,11H,10H2,1-3H3. The van der Waals surface area contributed by atoms with Gasteiger partial charge < -0.3 is 13.7 Å². The van der Waals surface area contributed by atoms with Gasteiger partial charge in [-0.15, -0.1) is 0 Å². The van der Waals surface area contributed by atoms with Crippen LogP contribution in [0, 0.1) is 25.2 Å². The Morgan fingerprint density at radius 1 is 1.33 bits per heavy atom. The molecule has 0 radical (unpaired) electrons. The van der Waals surface area contributed by atoms with E-state index in [1.54, 1.807) is 6.07 Å². The zero-order valence-corrected chi connectivity index (χ0v) is 15.1. The van der Waals surface area contributed by atoms with Crippen LogP contribution < -0.4 is 5.56 Å². The number of aryl methyl sites for hydroxylation is 2. The van der Waals surface area contributed by atoms with Gasteiger partial charge in [-0.25, -0.2) is 9.78 Å². The summed E-state index contributed by atoms with van der Waals surface area (Å²) in [6, 6.07) is 8.94. The highest BCUT2D eigenvalue weighted by Crippen LogP contribution is 2.23. The lowest BCUT2D eigenvalue weighted by Crippen LogP contribution is -2.24. The molecule has 7 nitrogen and oxygen atoms in total. The number of carbonyl (C=O) groups excluding carboxylic acids is 1. The number of esters is 1. The highest BCUT2D eigenvalue weighted by Gasteiger charge is 2.15. The number of methoxy groups -OCH3 is 1. The minimum atomic E-state index is -0.628. The minimum Gasteiger partial charge on any atom is -0.465 e. The van der Waals surface area contributed by atoms with Gasteiger partial charge >= 0.3 is 5.97 Å². The molecule has 2 heterocycles. The Kier molecular flexibility index (Phi) is 4.90. The molecule has 0 spiro atoms. The van der Waals surface area contributed by atoms with Crippen molar-refractivity contribution in [3.05, 3.63) is 75.0 Å². The Morgan fingerprint density at radius 3 is 2.78 bits per heavy atom. The first-order valence-electron chi connectivity index (χ1n) is 8.18. The SMILES string of the molecule is COC(=O)c1cc(C#N)c(=O)n(Cc2coc(-c3ccc(C)cc3C)n2)c1. The molecule has 0 N–H and O–H groups in total. The van der Waals surface area contributed by atoms with Gasteiger partial charge in [-0.2, -0.15) is 5.26 Å². The maximum absolute atomic E-state index is 12.4. The molecular formula is C20H17N3O4. The maximum Gasteiger partial charge on any atom is 0.339 e. The van der Waals surface area contributed by atoms with Crippen molar-refractivity contribution in [2.24, 2.45) is 0 Å². The largest absolute Gasteiger partial charge is 0.465 e. The number of hydrogen-bond acceptors (Lipinski definition) is 6. The molecule has 1 aromatic carbocycles. The quantitative estimate of drug-likeness (QED) is 0.661. The van der Waals surface area contributed by atoms with Crippen LogP contribution in [0.1, 0.15) is 32.7 Å². The van der Waals surface area contributed by atoms with E-state index in [0.717, 1.165) is 16.7 Å². The number of pyridine rings is 1. The molecule has 0 unspecified atom stereocenters. The minimum absolute atomic E-state index is 0.0623. The van der Waals surface area contributed by atoms with Gasteiger partial charge in [0.25, 0.3) is 5.56 Å². The predicted octanol–water partition coefficient (Wildman–Crippen LogP) is 2.83. The molecule has 0 saturated heterocycles. The van der Waals surface area contributed by atoms with Crippen LogP contribution in [-0.2, 0) is 11.3 Å². The summed E-state index contributed by atoms with van der Waals surface area (Å²) in [5, 5.41) is 9.14. The van der Waals surface area contributed by atoms with Gasteiger partial charge in [0.1, 0.15) is 17.9 Å². The molecule has 3 aromatic rings. The van der Waals surface area contributed by atoms with Crippen LogP contribution >= 0.6 is 0 Å². The molecule has 0 atom stereocenters. The lowest BCUT2D eigenvalue weighted by atomic mass is 10.1. The van der Waals surface area contributed by atoms with Crippen LogP contribution in [0.5, 0.6) is 0 Å². The fourth-order valence-electron chi connectivity index (χ4n) is 2.79. The molecule has 0 bridgehead atoms. The molecule has 0 aliphatic carbocycles. The van der Waals surface area contributed by atoms with Crippen molar-refractivity contribution >= 4 is 5.97 Å². The van der Waals surface area contributed by atoms with Crippen molar-refractivity contribution < 1.29 is 13.9 Å². The van der Waals surface area contributed by atoms with Crippen LogP contribution in [0.2, 0.25) is 0 Å². The third kappa shape index (κ3) is 3.65. The van der Waals surface area contributed by atoms with E-state index in [1.165, 1.54) is 30.2 Å². The lowest BCUT2D eigenvalue weighted by Gasteiger charge is -2.07. The third-order valence-corrected chi connectivity index (χ3v) is 4.12. The molecule has 0 saturated carbocycles. The summed E-state index contributed by atoms with van der Waals surface area (Å²) in [5.74, 6) is -0.184. The van der Waals surface area contributed by atoms with E-state index in [2.05, 4.69) is 9.72 Å². The summed E-state index contributed by atoms with van der Waals surface area (Å²) >= 11 is 0. The maximum atomic E-state index is 12.4. The first-order valence-corrected chi connectivity index (χ1v) is 8.18. The van der Waals surface area contributed by atoms with E-state index < -0.39 is 11.5 Å². The summed E-state index contributed by atoms with van der Waals surface area (Å²) in [7, 11) is 1.23. The first-order chi connectivity index (χ1) is 12.9. The second-order valence-corrected chi connectivity index (χ2v) is 6.14. The molecule has 0 amide bonds. The van der Waals surface area contributed by atoms with Crippen LogP contribution in [0.4, 0.5) is 0 Å². The predicted molar refractivity (Wildman–Crippen MR) is 97.3 cm³/mol. The Bertz CT molecular complexity index is 1120.